The Morgan fingerprint density at radius 2 is 1.91 bits per heavy atom. The molecule has 5 amide bonds. The molecule has 2 N–H and O–H groups in total. The number of carbonyl (C=O) groups excluding carboxylic acids is 4. The highest BCUT2D eigenvalue weighted by atomic mass is 35.5. The highest BCUT2D eigenvalue weighted by molar-refractivity contribution is 6.30. The molecule has 9 heteroatoms. The molecule has 2 aliphatic heterocycles. The molecule has 2 aromatic rings. The van der Waals surface area contributed by atoms with Crippen LogP contribution in [0.2, 0.25) is 5.02 Å². The largest absolute Gasteiger partial charge is 0.329 e. The van der Waals surface area contributed by atoms with Crippen molar-refractivity contribution in [3.8, 4) is 0 Å². The number of imide groups is 1. The van der Waals surface area contributed by atoms with Crippen LogP contribution >= 0.6 is 11.6 Å². The molecule has 1 atom stereocenters. The molecule has 1 fully saturated rings. The minimum absolute atomic E-state index is 0.100. The van der Waals surface area contributed by atoms with Crippen molar-refractivity contribution >= 4 is 41.0 Å². The molecule has 2 heterocycles. The number of hydrogen-bond donors (Lipinski definition) is 2. The molecule has 0 radical (unpaired) electrons. The third kappa shape index (κ3) is 3.97. The Balaban J connectivity index is 1.54. The summed E-state index contributed by atoms with van der Waals surface area (Å²) >= 11 is 5.87. The van der Waals surface area contributed by atoms with Crippen molar-refractivity contribution in [2.24, 2.45) is 0 Å². The average molecular weight is 453 g/mol. The number of fused-ring (bicyclic) bond motifs is 1. The summed E-state index contributed by atoms with van der Waals surface area (Å²) in [4.78, 5) is 53.6. The molecule has 0 spiro atoms. The van der Waals surface area contributed by atoms with E-state index in [0.29, 0.717) is 34.8 Å². The Morgan fingerprint density at radius 1 is 1.19 bits per heavy atom. The number of carbonyl (C=O) groups is 4. The van der Waals surface area contributed by atoms with E-state index in [1.807, 2.05) is 0 Å². The van der Waals surface area contributed by atoms with Crippen molar-refractivity contribution in [3.63, 3.8) is 0 Å². The van der Waals surface area contributed by atoms with Gasteiger partial charge in [0.25, 0.3) is 11.8 Å². The van der Waals surface area contributed by atoms with Crippen molar-refractivity contribution in [2.45, 2.75) is 25.4 Å². The van der Waals surface area contributed by atoms with Crippen LogP contribution < -0.4 is 10.6 Å². The van der Waals surface area contributed by atoms with Gasteiger partial charge in [0, 0.05) is 30.0 Å². The number of amides is 5. The first kappa shape index (κ1) is 21.6. The third-order valence-electron chi connectivity index (χ3n) is 5.52. The first-order valence-corrected chi connectivity index (χ1v) is 10.4. The molecule has 0 saturated carbocycles. The fraction of sp³-hybridized carbons (Fsp3) is 0.217. The van der Waals surface area contributed by atoms with E-state index in [1.54, 1.807) is 49.5 Å². The van der Waals surface area contributed by atoms with Crippen LogP contribution in [0.4, 0.5) is 10.5 Å². The SMILES string of the molecule is C=C1CCC(N2C(=O)c3cccc(CN(C)C(=O)Nc4ccc(Cl)cc4)c3C2=O)C(=O)N1. The number of piperidine rings is 1. The Bertz CT molecular complexity index is 1150. The van der Waals surface area contributed by atoms with Gasteiger partial charge in [-0.1, -0.05) is 30.3 Å². The van der Waals surface area contributed by atoms with Gasteiger partial charge in [-0.3, -0.25) is 19.3 Å². The maximum atomic E-state index is 13.2. The van der Waals surface area contributed by atoms with Crippen LogP contribution in [-0.2, 0) is 11.3 Å². The zero-order valence-electron chi connectivity index (χ0n) is 17.4. The lowest BCUT2D eigenvalue weighted by atomic mass is 10.0. The minimum atomic E-state index is -0.883. The first-order valence-electron chi connectivity index (χ1n) is 10.0. The maximum absolute atomic E-state index is 13.2. The van der Waals surface area contributed by atoms with Crippen LogP contribution in [0.1, 0.15) is 39.1 Å². The highest BCUT2D eigenvalue weighted by Crippen LogP contribution is 2.31. The summed E-state index contributed by atoms with van der Waals surface area (Å²) in [7, 11) is 1.59. The van der Waals surface area contributed by atoms with Crippen LogP contribution in [0.5, 0.6) is 0 Å². The molecule has 8 nitrogen and oxygen atoms in total. The van der Waals surface area contributed by atoms with Crippen molar-refractivity contribution < 1.29 is 19.2 Å². The first-order chi connectivity index (χ1) is 15.3. The molecule has 32 heavy (non-hydrogen) atoms. The van der Waals surface area contributed by atoms with Gasteiger partial charge in [0.05, 0.1) is 11.1 Å². The predicted molar refractivity (Wildman–Crippen MR) is 119 cm³/mol. The lowest BCUT2D eigenvalue weighted by Gasteiger charge is -2.29. The zero-order valence-corrected chi connectivity index (χ0v) is 18.1. The van der Waals surface area contributed by atoms with Crippen molar-refractivity contribution in [2.75, 3.05) is 12.4 Å². The molecular formula is C23H21ClN4O4. The summed E-state index contributed by atoms with van der Waals surface area (Å²) < 4.78 is 0. The second-order valence-electron chi connectivity index (χ2n) is 7.76. The fourth-order valence-electron chi connectivity index (χ4n) is 3.88. The Hall–Kier alpha value is -3.65. The van der Waals surface area contributed by atoms with Crippen molar-refractivity contribution in [1.29, 1.82) is 0 Å². The van der Waals surface area contributed by atoms with E-state index in [9.17, 15) is 19.2 Å². The van der Waals surface area contributed by atoms with E-state index in [2.05, 4.69) is 17.2 Å². The Kier molecular flexibility index (Phi) is 5.71. The van der Waals surface area contributed by atoms with Gasteiger partial charge in [-0.05, 0) is 48.7 Å². The van der Waals surface area contributed by atoms with E-state index in [0.717, 1.165) is 4.90 Å². The van der Waals surface area contributed by atoms with E-state index in [1.165, 1.54) is 4.90 Å². The van der Waals surface area contributed by atoms with Crippen LogP contribution in [0.3, 0.4) is 0 Å². The van der Waals surface area contributed by atoms with Gasteiger partial charge in [-0.25, -0.2) is 4.79 Å². The molecule has 2 aliphatic rings. The van der Waals surface area contributed by atoms with Crippen LogP contribution in [-0.4, -0.2) is 46.6 Å². The van der Waals surface area contributed by atoms with Crippen LogP contribution in [0.15, 0.2) is 54.7 Å². The Labute approximate surface area is 189 Å². The summed E-state index contributed by atoms with van der Waals surface area (Å²) in [5, 5.41) is 5.92. The molecule has 1 unspecified atom stereocenters. The van der Waals surface area contributed by atoms with E-state index in [4.69, 9.17) is 11.6 Å². The molecule has 0 aromatic heterocycles. The molecule has 0 aliphatic carbocycles. The lowest BCUT2D eigenvalue weighted by molar-refractivity contribution is -0.125. The fourth-order valence-corrected chi connectivity index (χ4v) is 4.00. The number of anilines is 1. The smallest absolute Gasteiger partial charge is 0.321 e. The number of nitrogens with one attached hydrogen (secondary N) is 2. The molecular weight excluding hydrogens is 432 g/mol. The molecule has 1 saturated heterocycles. The Morgan fingerprint density at radius 3 is 2.59 bits per heavy atom. The van der Waals surface area contributed by atoms with Crippen molar-refractivity contribution in [3.05, 3.63) is 76.5 Å². The average Bonchev–Trinajstić information content (AvgIpc) is 3.01. The van der Waals surface area contributed by atoms with Gasteiger partial charge in [-0.15, -0.1) is 0 Å². The summed E-state index contributed by atoms with van der Waals surface area (Å²) in [6.07, 6.45) is 0.819. The van der Waals surface area contributed by atoms with E-state index in [-0.39, 0.29) is 23.7 Å². The summed E-state index contributed by atoms with van der Waals surface area (Å²) in [6, 6.07) is 10.3. The summed E-state index contributed by atoms with van der Waals surface area (Å²) in [5.41, 5.74) is 2.12. The van der Waals surface area contributed by atoms with E-state index >= 15 is 0 Å². The van der Waals surface area contributed by atoms with Gasteiger partial charge in [0.1, 0.15) is 6.04 Å². The number of nitrogens with zero attached hydrogens (tertiary/aromatic N) is 2. The zero-order chi connectivity index (χ0) is 23.0. The predicted octanol–water partition coefficient (Wildman–Crippen LogP) is 3.39. The quantitative estimate of drug-likeness (QED) is 0.694. The van der Waals surface area contributed by atoms with Gasteiger partial charge in [-0.2, -0.15) is 0 Å². The maximum Gasteiger partial charge on any atom is 0.321 e. The normalized spacial score (nSPS) is 17.8. The second kappa shape index (κ2) is 8.47. The van der Waals surface area contributed by atoms with Gasteiger partial charge in [0.15, 0.2) is 0 Å². The number of allylic oxidation sites excluding steroid dienone is 1. The highest BCUT2D eigenvalue weighted by Gasteiger charge is 2.44. The third-order valence-corrected chi connectivity index (χ3v) is 5.77. The van der Waals surface area contributed by atoms with Crippen LogP contribution in [0.25, 0.3) is 0 Å². The number of urea groups is 1. The second-order valence-corrected chi connectivity index (χ2v) is 8.20. The molecule has 4 rings (SSSR count). The number of benzene rings is 2. The molecule has 2 aromatic carbocycles. The van der Waals surface area contributed by atoms with Gasteiger partial charge < -0.3 is 15.5 Å². The topological polar surface area (TPSA) is 98.8 Å². The molecule has 0 bridgehead atoms. The summed E-state index contributed by atoms with van der Waals surface area (Å²) in [6.45, 7) is 3.83. The van der Waals surface area contributed by atoms with Gasteiger partial charge in [0.2, 0.25) is 5.91 Å². The standard InChI is InChI=1S/C23H21ClN4O4/c1-13-6-11-18(20(29)25-13)28-21(30)17-5-3-4-14(19(17)22(28)31)12-27(2)23(32)26-16-9-7-15(24)8-10-16/h3-5,7-10,18H,1,6,11-12H2,2H3,(H,25,29)(H,26,32). The number of rotatable bonds is 4. The van der Waals surface area contributed by atoms with Crippen molar-refractivity contribution in [1.82, 2.24) is 15.1 Å². The summed E-state index contributed by atoms with van der Waals surface area (Å²) in [5.74, 6) is -1.45. The monoisotopic (exact) mass is 452 g/mol. The van der Waals surface area contributed by atoms with Crippen LogP contribution in [0, 0.1) is 0 Å². The van der Waals surface area contributed by atoms with E-state index < -0.39 is 23.8 Å². The van der Waals surface area contributed by atoms with Gasteiger partial charge >= 0.3 is 6.03 Å². The molecule has 164 valence electrons. The lowest BCUT2D eigenvalue weighted by Crippen LogP contribution is -2.51. The number of hydrogen-bond acceptors (Lipinski definition) is 4. The minimum Gasteiger partial charge on any atom is -0.329 e. The number of halogens is 1.